The number of hydrogen-bond acceptors (Lipinski definition) is 3. The normalized spacial score (nSPS) is 12.9. The highest BCUT2D eigenvalue weighted by Crippen LogP contribution is 2.01. The van der Waals surface area contributed by atoms with Gasteiger partial charge in [0.2, 0.25) is 10.0 Å². The van der Waals surface area contributed by atoms with E-state index in [9.17, 15) is 8.42 Å². The predicted octanol–water partition coefficient (Wildman–Crippen LogP) is 0.955. The van der Waals surface area contributed by atoms with E-state index in [-0.39, 0.29) is 11.8 Å². The summed E-state index contributed by atoms with van der Waals surface area (Å²) in [5.41, 5.74) is 0.954. The Hall–Kier alpha value is -1.38. The van der Waals surface area contributed by atoms with Gasteiger partial charge in [-0.2, -0.15) is 0 Å². The number of rotatable bonds is 6. The summed E-state index contributed by atoms with van der Waals surface area (Å²) in [6, 6.07) is 3.39. The number of hydrogen-bond donors (Lipinski definition) is 1. The van der Waals surface area contributed by atoms with Crippen LogP contribution in [0.3, 0.4) is 0 Å². The Kier molecular flexibility index (Phi) is 5.13. The van der Waals surface area contributed by atoms with Gasteiger partial charge in [-0.1, -0.05) is 0 Å². The maximum Gasteiger partial charge on any atom is 0.212 e. The van der Waals surface area contributed by atoms with E-state index in [0.717, 1.165) is 5.56 Å². The standard InChI is InChI=1S/C12H16N2O2S/c1-3-4-11(2)14-17(15,16)10-7-12-5-8-13-9-6-12/h1,5-6,8-9,11,14H,4,7,10H2,2H3. The third-order valence-electron chi connectivity index (χ3n) is 2.21. The molecule has 5 heteroatoms. The van der Waals surface area contributed by atoms with Gasteiger partial charge in [-0.25, -0.2) is 13.1 Å². The zero-order valence-electron chi connectivity index (χ0n) is 9.76. The molecule has 1 heterocycles. The summed E-state index contributed by atoms with van der Waals surface area (Å²) in [7, 11) is -3.27. The van der Waals surface area contributed by atoms with E-state index >= 15 is 0 Å². The van der Waals surface area contributed by atoms with Crippen LogP contribution in [0.25, 0.3) is 0 Å². The van der Waals surface area contributed by atoms with Gasteiger partial charge in [0.1, 0.15) is 0 Å². The maximum atomic E-state index is 11.7. The molecule has 17 heavy (non-hydrogen) atoms. The first-order valence-corrected chi connectivity index (χ1v) is 7.01. The summed E-state index contributed by atoms with van der Waals surface area (Å²) in [4.78, 5) is 3.88. The molecule has 0 aliphatic rings. The van der Waals surface area contributed by atoms with Crippen LogP contribution in [0.15, 0.2) is 24.5 Å². The SMILES string of the molecule is C#CCC(C)NS(=O)(=O)CCc1ccncc1. The highest BCUT2D eigenvalue weighted by atomic mass is 32.2. The molecule has 92 valence electrons. The van der Waals surface area contributed by atoms with Gasteiger partial charge in [0.25, 0.3) is 0 Å². The summed E-state index contributed by atoms with van der Waals surface area (Å²) in [5, 5.41) is 0. The molecule has 0 amide bonds. The summed E-state index contributed by atoms with van der Waals surface area (Å²) < 4.78 is 25.9. The Labute approximate surface area is 103 Å². The molecule has 0 radical (unpaired) electrons. The summed E-state index contributed by atoms with van der Waals surface area (Å²) in [6.07, 6.45) is 9.29. The topological polar surface area (TPSA) is 59.1 Å². The second kappa shape index (κ2) is 6.38. The van der Waals surface area contributed by atoms with Crippen LogP contribution in [0, 0.1) is 12.3 Å². The first-order valence-electron chi connectivity index (χ1n) is 5.36. The molecular formula is C12H16N2O2S. The van der Waals surface area contributed by atoms with Gasteiger partial charge in [-0.05, 0) is 31.0 Å². The van der Waals surface area contributed by atoms with Crippen molar-refractivity contribution in [3.63, 3.8) is 0 Å². The number of aryl methyl sites for hydroxylation is 1. The van der Waals surface area contributed by atoms with Crippen LogP contribution in [0.2, 0.25) is 0 Å². The Morgan fingerprint density at radius 3 is 2.71 bits per heavy atom. The zero-order chi connectivity index (χ0) is 12.7. The van der Waals surface area contributed by atoms with Gasteiger partial charge in [-0.3, -0.25) is 4.98 Å². The van der Waals surface area contributed by atoms with Crippen molar-refractivity contribution in [3.05, 3.63) is 30.1 Å². The summed E-state index contributed by atoms with van der Waals surface area (Å²) >= 11 is 0. The Bertz CT molecular complexity index is 477. The average molecular weight is 252 g/mol. The van der Waals surface area contributed by atoms with E-state index < -0.39 is 10.0 Å². The predicted molar refractivity (Wildman–Crippen MR) is 67.8 cm³/mol. The lowest BCUT2D eigenvalue weighted by Gasteiger charge is -2.11. The number of aromatic nitrogens is 1. The van der Waals surface area contributed by atoms with Crippen LogP contribution in [0.5, 0.6) is 0 Å². The second-order valence-corrected chi connectivity index (χ2v) is 5.72. The van der Waals surface area contributed by atoms with E-state index in [0.29, 0.717) is 12.8 Å². The van der Waals surface area contributed by atoms with E-state index in [1.54, 1.807) is 31.5 Å². The van der Waals surface area contributed by atoms with Gasteiger partial charge in [0.05, 0.1) is 5.75 Å². The average Bonchev–Trinajstić information content (AvgIpc) is 2.27. The van der Waals surface area contributed by atoms with Crippen LogP contribution < -0.4 is 4.72 Å². The van der Waals surface area contributed by atoms with Crippen molar-refractivity contribution in [3.8, 4) is 12.3 Å². The van der Waals surface area contributed by atoms with E-state index in [2.05, 4.69) is 15.6 Å². The number of nitrogens with one attached hydrogen (secondary N) is 1. The lowest BCUT2D eigenvalue weighted by Crippen LogP contribution is -2.34. The number of terminal acetylenes is 1. The summed E-state index contributed by atoms with van der Waals surface area (Å²) in [6.45, 7) is 1.75. The fourth-order valence-electron chi connectivity index (χ4n) is 1.39. The first kappa shape index (κ1) is 13.7. The minimum Gasteiger partial charge on any atom is -0.265 e. The van der Waals surface area contributed by atoms with Crippen LogP contribution >= 0.6 is 0 Å². The van der Waals surface area contributed by atoms with Gasteiger partial charge < -0.3 is 0 Å². The van der Waals surface area contributed by atoms with Crippen molar-refractivity contribution >= 4 is 10.0 Å². The van der Waals surface area contributed by atoms with Gasteiger partial charge >= 0.3 is 0 Å². The van der Waals surface area contributed by atoms with Crippen molar-refractivity contribution in [1.29, 1.82) is 0 Å². The molecule has 0 aromatic carbocycles. The molecule has 1 aromatic heterocycles. The molecule has 0 spiro atoms. The zero-order valence-corrected chi connectivity index (χ0v) is 10.6. The molecule has 1 unspecified atom stereocenters. The Balaban J connectivity index is 2.48. The molecule has 0 saturated heterocycles. The minimum absolute atomic E-state index is 0.0614. The highest BCUT2D eigenvalue weighted by molar-refractivity contribution is 7.89. The molecule has 0 bridgehead atoms. The molecule has 0 saturated carbocycles. The lowest BCUT2D eigenvalue weighted by molar-refractivity contribution is 0.563. The molecule has 0 fully saturated rings. The van der Waals surface area contributed by atoms with Crippen LogP contribution in [-0.2, 0) is 16.4 Å². The molecule has 4 nitrogen and oxygen atoms in total. The fourth-order valence-corrected chi connectivity index (χ4v) is 2.70. The third kappa shape index (κ3) is 5.48. The molecule has 1 atom stereocenters. The van der Waals surface area contributed by atoms with Crippen LogP contribution in [0.4, 0.5) is 0 Å². The van der Waals surface area contributed by atoms with Crippen LogP contribution in [0.1, 0.15) is 18.9 Å². The Morgan fingerprint density at radius 2 is 2.12 bits per heavy atom. The van der Waals surface area contributed by atoms with Crippen molar-refractivity contribution in [2.24, 2.45) is 0 Å². The third-order valence-corrected chi connectivity index (χ3v) is 3.72. The Morgan fingerprint density at radius 1 is 1.47 bits per heavy atom. The van der Waals surface area contributed by atoms with Crippen molar-refractivity contribution < 1.29 is 8.42 Å². The minimum atomic E-state index is -3.27. The van der Waals surface area contributed by atoms with E-state index in [4.69, 9.17) is 6.42 Å². The van der Waals surface area contributed by atoms with E-state index in [1.165, 1.54) is 0 Å². The van der Waals surface area contributed by atoms with Crippen LogP contribution in [-0.4, -0.2) is 25.2 Å². The van der Waals surface area contributed by atoms with Crippen molar-refractivity contribution in [1.82, 2.24) is 9.71 Å². The van der Waals surface area contributed by atoms with Gasteiger partial charge in [0.15, 0.2) is 0 Å². The lowest BCUT2D eigenvalue weighted by atomic mass is 10.2. The van der Waals surface area contributed by atoms with Gasteiger partial charge in [-0.15, -0.1) is 12.3 Å². The quantitative estimate of drug-likeness (QED) is 0.767. The second-order valence-electron chi connectivity index (χ2n) is 3.85. The van der Waals surface area contributed by atoms with Crippen molar-refractivity contribution in [2.45, 2.75) is 25.8 Å². The molecule has 0 aliphatic heterocycles. The van der Waals surface area contributed by atoms with E-state index in [1.807, 2.05) is 0 Å². The number of nitrogens with zero attached hydrogens (tertiary/aromatic N) is 1. The molecule has 1 N–H and O–H groups in total. The summed E-state index contributed by atoms with van der Waals surface area (Å²) in [5.74, 6) is 2.49. The molecular weight excluding hydrogens is 236 g/mol. The van der Waals surface area contributed by atoms with Crippen molar-refractivity contribution in [2.75, 3.05) is 5.75 Å². The monoisotopic (exact) mass is 252 g/mol. The molecule has 1 aromatic rings. The first-order chi connectivity index (χ1) is 8.03. The van der Waals surface area contributed by atoms with Gasteiger partial charge in [0, 0.05) is 24.9 Å². The molecule has 0 aliphatic carbocycles. The largest absolute Gasteiger partial charge is 0.265 e. The maximum absolute atomic E-state index is 11.7. The smallest absolute Gasteiger partial charge is 0.212 e. The molecule has 1 rings (SSSR count). The highest BCUT2D eigenvalue weighted by Gasteiger charge is 2.13. The fraction of sp³-hybridized carbons (Fsp3) is 0.417. The number of pyridine rings is 1. The number of sulfonamides is 1.